The Morgan fingerprint density at radius 1 is 1.03 bits per heavy atom. The molecule has 34 heavy (non-hydrogen) atoms. The van der Waals surface area contributed by atoms with Crippen LogP contribution in [0, 0.1) is 6.92 Å². The highest BCUT2D eigenvalue weighted by Gasteiger charge is 2.35. The molecule has 0 unspecified atom stereocenters. The number of benzene rings is 3. The number of nitrogens with one attached hydrogen (secondary N) is 1. The van der Waals surface area contributed by atoms with Crippen molar-refractivity contribution >= 4 is 38.9 Å². The van der Waals surface area contributed by atoms with Gasteiger partial charge in [0.1, 0.15) is 6.54 Å². The molecule has 0 aromatic heterocycles. The van der Waals surface area contributed by atoms with Gasteiger partial charge in [-0.2, -0.15) is 13.2 Å². The quantitative estimate of drug-likeness (QED) is 0.420. The van der Waals surface area contributed by atoms with Gasteiger partial charge in [-0.05, 0) is 55.3 Å². The highest BCUT2D eigenvalue weighted by Crippen LogP contribution is 2.36. The summed E-state index contributed by atoms with van der Waals surface area (Å²) < 4.78 is 68.2. The Balaban J connectivity index is 2.02. The summed E-state index contributed by atoms with van der Waals surface area (Å²) in [4.78, 5) is 12.8. The van der Waals surface area contributed by atoms with Crippen molar-refractivity contribution in [1.82, 2.24) is 0 Å². The van der Waals surface area contributed by atoms with Crippen molar-refractivity contribution in [1.29, 1.82) is 0 Å². The van der Waals surface area contributed by atoms with Crippen molar-refractivity contribution in [3.8, 4) is 0 Å². The van der Waals surface area contributed by atoms with E-state index in [1.54, 1.807) is 43.3 Å². The third-order valence-corrected chi connectivity index (χ3v) is 7.11. The normalized spacial score (nSPS) is 11.8. The molecule has 0 radical (unpaired) electrons. The predicted octanol–water partition coefficient (Wildman–Crippen LogP) is 6.06. The van der Waals surface area contributed by atoms with Gasteiger partial charge in [-0.25, -0.2) is 8.42 Å². The zero-order chi connectivity index (χ0) is 25.1. The van der Waals surface area contributed by atoms with E-state index in [2.05, 4.69) is 5.32 Å². The summed E-state index contributed by atoms with van der Waals surface area (Å²) in [5.41, 5.74) is 0.134. The first-order chi connectivity index (χ1) is 15.9. The molecule has 0 aliphatic rings. The minimum Gasteiger partial charge on any atom is -0.324 e. The molecule has 0 aliphatic carbocycles. The molecule has 0 bridgehead atoms. The van der Waals surface area contributed by atoms with Crippen molar-refractivity contribution in [2.75, 3.05) is 16.2 Å². The van der Waals surface area contributed by atoms with Crippen LogP contribution in [0.25, 0.3) is 0 Å². The van der Waals surface area contributed by atoms with Crippen LogP contribution in [0.3, 0.4) is 0 Å². The number of nitrogens with zero attached hydrogens (tertiary/aromatic N) is 1. The minimum absolute atomic E-state index is 0.0423. The first kappa shape index (κ1) is 25.6. The number of para-hydroxylation sites is 1. The molecule has 3 aromatic carbocycles. The third kappa shape index (κ3) is 5.71. The topological polar surface area (TPSA) is 66.5 Å². The number of amides is 1. The minimum atomic E-state index is -4.77. The molecule has 1 N–H and O–H groups in total. The summed E-state index contributed by atoms with van der Waals surface area (Å²) in [6.07, 6.45) is -4.29. The Labute approximate surface area is 201 Å². The Bertz CT molecular complexity index is 1290. The molecule has 5 nitrogen and oxygen atoms in total. The number of carbonyl (C=O) groups is 1. The van der Waals surface area contributed by atoms with Crippen LogP contribution in [0.2, 0.25) is 5.02 Å². The van der Waals surface area contributed by atoms with Gasteiger partial charge in [0.25, 0.3) is 10.0 Å². The second-order valence-corrected chi connectivity index (χ2v) is 9.84. The van der Waals surface area contributed by atoms with Gasteiger partial charge in [0.15, 0.2) is 0 Å². The van der Waals surface area contributed by atoms with Crippen molar-refractivity contribution in [3.63, 3.8) is 0 Å². The Hall–Kier alpha value is -3.04. The molecule has 0 saturated carbocycles. The van der Waals surface area contributed by atoms with Crippen LogP contribution in [0.1, 0.15) is 23.6 Å². The van der Waals surface area contributed by atoms with Crippen molar-refractivity contribution in [2.24, 2.45) is 0 Å². The summed E-state index contributed by atoms with van der Waals surface area (Å²) in [6.45, 7) is 2.91. The van der Waals surface area contributed by atoms with E-state index < -0.39 is 39.9 Å². The van der Waals surface area contributed by atoms with E-state index in [1.807, 2.05) is 6.92 Å². The van der Waals surface area contributed by atoms with Crippen LogP contribution in [-0.2, 0) is 27.4 Å². The van der Waals surface area contributed by atoms with Gasteiger partial charge in [0.2, 0.25) is 5.91 Å². The van der Waals surface area contributed by atoms with Gasteiger partial charge >= 0.3 is 6.18 Å². The summed E-state index contributed by atoms with van der Waals surface area (Å²) in [6, 6.07) is 15.7. The number of halogens is 4. The largest absolute Gasteiger partial charge is 0.418 e. The van der Waals surface area contributed by atoms with Crippen molar-refractivity contribution in [2.45, 2.75) is 31.3 Å². The molecule has 0 heterocycles. The van der Waals surface area contributed by atoms with Gasteiger partial charge < -0.3 is 5.32 Å². The fourth-order valence-electron chi connectivity index (χ4n) is 3.37. The zero-order valence-corrected chi connectivity index (χ0v) is 19.9. The maximum atomic E-state index is 13.5. The molecular formula is C24H22ClF3N2O3S. The fourth-order valence-corrected chi connectivity index (χ4v) is 5.00. The second kappa shape index (κ2) is 10.1. The standard InChI is InChI=1S/C24H22ClF3N2O3S/c1-3-17-6-4-5-7-22(17)30(34(32,33)19-11-8-16(2)9-12-19)15-23(31)29-21-13-10-18(25)14-20(21)24(26,27)28/h4-14H,3,15H2,1-2H3,(H,29,31). The van der Waals surface area contributed by atoms with Crippen molar-refractivity contribution in [3.05, 3.63) is 88.4 Å². The van der Waals surface area contributed by atoms with Crippen LogP contribution in [0.5, 0.6) is 0 Å². The Morgan fingerprint density at radius 3 is 2.29 bits per heavy atom. The lowest BCUT2D eigenvalue weighted by Crippen LogP contribution is -2.39. The lowest BCUT2D eigenvalue weighted by atomic mass is 10.1. The molecule has 0 atom stereocenters. The van der Waals surface area contributed by atoms with Crippen LogP contribution in [0.15, 0.2) is 71.6 Å². The van der Waals surface area contributed by atoms with Crippen LogP contribution >= 0.6 is 11.6 Å². The fraction of sp³-hybridized carbons (Fsp3) is 0.208. The van der Waals surface area contributed by atoms with Gasteiger partial charge in [0.05, 0.1) is 21.8 Å². The van der Waals surface area contributed by atoms with E-state index in [9.17, 15) is 26.4 Å². The molecule has 0 aliphatic heterocycles. The summed E-state index contributed by atoms with van der Waals surface area (Å²) in [5.74, 6) is -0.936. The molecule has 1 amide bonds. The monoisotopic (exact) mass is 510 g/mol. The molecule has 0 spiro atoms. The van der Waals surface area contributed by atoms with E-state index in [1.165, 1.54) is 18.2 Å². The lowest BCUT2D eigenvalue weighted by Gasteiger charge is -2.26. The number of aryl methyl sites for hydroxylation is 2. The number of alkyl halides is 3. The van der Waals surface area contributed by atoms with E-state index in [4.69, 9.17) is 11.6 Å². The van der Waals surface area contributed by atoms with Crippen molar-refractivity contribution < 1.29 is 26.4 Å². The first-order valence-electron chi connectivity index (χ1n) is 10.3. The molecule has 0 fully saturated rings. The zero-order valence-electron chi connectivity index (χ0n) is 18.4. The lowest BCUT2D eigenvalue weighted by molar-refractivity contribution is -0.137. The summed E-state index contributed by atoms with van der Waals surface area (Å²) in [7, 11) is -4.21. The molecule has 10 heteroatoms. The van der Waals surface area contributed by atoms with E-state index in [-0.39, 0.29) is 15.6 Å². The number of hydrogen-bond acceptors (Lipinski definition) is 3. The molecule has 0 saturated heterocycles. The highest BCUT2D eigenvalue weighted by molar-refractivity contribution is 7.92. The Morgan fingerprint density at radius 2 is 1.68 bits per heavy atom. The third-order valence-electron chi connectivity index (χ3n) is 5.10. The molecule has 3 aromatic rings. The van der Waals surface area contributed by atoms with E-state index >= 15 is 0 Å². The maximum absolute atomic E-state index is 13.5. The van der Waals surface area contributed by atoms with Gasteiger partial charge in [-0.15, -0.1) is 0 Å². The number of rotatable bonds is 7. The SMILES string of the molecule is CCc1ccccc1N(CC(=O)Nc1ccc(Cl)cc1C(F)(F)F)S(=O)(=O)c1ccc(C)cc1. The number of hydrogen-bond donors (Lipinski definition) is 1. The highest BCUT2D eigenvalue weighted by atomic mass is 35.5. The van der Waals surface area contributed by atoms with Gasteiger partial charge in [0, 0.05) is 5.02 Å². The van der Waals surface area contributed by atoms with Crippen LogP contribution < -0.4 is 9.62 Å². The van der Waals surface area contributed by atoms with E-state index in [0.29, 0.717) is 18.1 Å². The number of anilines is 2. The van der Waals surface area contributed by atoms with Gasteiger partial charge in [-0.1, -0.05) is 54.4 Å². The maximum Gasteiger partial charge on any atom is 0.418 e. The number of carbonyl (C=O) groups excluding carboxylic acids is 1. The number of sulfonamides is 1. The predicted molar refractivity (Wildman–Crippen MR) is 127 cm³/mol. The van der Waals surface area contributed by atoms with Crippen LogP contribution in [-0.4, -0.2) is 20.9 Å². The molecular weight excluding hydrogens is 489 g/mol. The first-order valence-corrected chi connectivity index (χ1v) is 12.1. The van der Waals surface area contributed by atoms with Gasteiger partial charge in [-0.3, -0.25) is 9.10 Å². The molecule has 180 valence electrons. The average Bonchev–Trinajstić information content (AvgIpc) is 2.78. The Kier molecular flexibility index (Phi) is 7.57. The summed E-state index contributed by atoms with van der Waals surface area (Å²) in [5, 5.41) is 2.04. The molecule has 3 rings (SSSR count). The van der Waals surface area contributed by atoms with Crippen LogP contribution in [0.4, 0.5) is 24.5 Å². The smallest absolute Gasteiger partial charge is 0.324 e. The average molecular weight is 511 g/mol. The summed E-state index contributed by atoms with van der Waals surface area (Å²) >= 11 is 5.70. The second-order valence-electron chi connectivity index (χ2n) is 7.54. The van der Waals surface area contributed by atoms with E-state index in [0.717, 1.165) is 15.9 Å².